The molecule has 1 aromatic rings. The Bertz CT molecular complexity index is 147. The predicted molar refractivity (Wildman–Crippen MR) is 35.6 cm³/mol. The molecule has 0 atom stereocenters. The van der Waals surface area contributed by atoms with Crippen LogP contribution in [0, 0.1) is 12.3 Å². The molecule has 0 nitrogen and oxygen atoms in total. The fourth-order valence-corrected chi connectivity index (χ4v) is 1.50. The van der Waals surface area contributed by atoms with Gasteiger partial charge in [0.15, 0.2) is 0 Å². The van der Waals surface area contributed by atoms with Crippen LogP contribution in [0.4, 0.5) is 0 Å². The van der Waals surface area contributed by atoms with E-state index in [0.29, 0.717) is 0 Å². The van der Waals surface area contributed by atoms with Gasteiger partial charge in [0.05, 0.1) is 3.79 Å². The van der Waals surface area contributed by atoms with Gasteiger partial charge in [-0.2, -0.15) is 0 Å². The molecule has 0 aromatic carbocycles. The van der Waals surface area contributed by atoms with E-state index < -0.39 is 0 Å². The molecule has 1 rings (SSSR count). The Morgan fingerprint density at radius 3 is 2.33 bits per heavy atom. The third kappa shape index (κ3) is 4.66. The van der Waals surface area contributed by atoms with Crippen molar-refractivity contribution in [1.29, 1.82) is 0 Å². The van der Waals surface area contributed by atoms with Gasteiger partial charge in [-0.05, 0) is 34.5 Å². The molecule has 0 aliphatic carbocycles. The van der Waals surface area contributed by atoms with Crippen LogP contribution in [-0.2, 0) is 19.5 Å². The molecule has 0 unspecified atom stereocenters. The maximum absolute atomic E-state index is 3.32. The van der Waals surface area contributed by atoms with Gasteiger partial charge in [0.1, 0.15) is 0 Å². The Hall–Kier alpha value is 1.28. The van der Waals surface area contributed by atoms with Crippen molar-refractivity contribution >= 4 is 27.3 Å². The summed E-state index contributed by atoms with van der Waals surface area (Å²) in [7, 11) is 0. The Balaban J connectivity index is 0. The molecule has 0 fully saturated rings. The zero-order valence-corrected chi connectivity index (χ0v) is 11.9. The van der Waals surface area contributed by atoms with E-state index in [1.54, 1.807) is 11.3 Å². The first kappa shape index (κ1) is 12.9. The Labute approximate surface area is 90.7 Å². The van der Waals surface area contributed by atoms with Gasteiger partial charge in [-0.3, -0.25) is 0 Å². The molecule has 9 heavy (non-hydrogen) atoms. The maximum Gasteiger partial charge on any atom is 0.0708 e. The molecule has 4 heteroatoms. The molecule has 1 aromatic heterocycles. The van der Waals surface area contributed by atoms with Gasteiger partial charge in [-0.15, -0.1) is 11.3 Å². The molecule has 0 amide bonds. The minimum absolute atomic E-state index is 0. The van der Waals surface area contributed by atoms with Crippen LogP contribution in [0.1, 0.15) is 5.56 Å². The van der Waals surface area contributed by atoms with E-state index in [0.717, 1.165) is 3.79 Å². The van der Waals surface area contributed by atoms with Gasteiger partial charge in [-0.1, -0.05) is 0 Å². The molecule has 0 N–H and O–H groups in total. The normalized spacial score (nSPS) is 7.33. The largest absolute Gasteiger partial charge is 1.00 e. The maximum atomic E-state index is 3.32. The fraction of sp³-hybridized carbons (Fsp3) is 0.200. The summed E-state index contributed by atoms with van der Waals surface area (Å²) in [6.07, 6.45) is 0. The summed E-state index contributed by atoms with van der Waals surface area (Å²) in [5.41, 5.74) is 1.21. The Kier molecular flexibility index (Phi) is 8.64. The second-order valence-corrected chi connectivity index (χ2v) is 3.56. The number of thiophene rings is 1. The molecule has 0 aliphatic rings. The monoisotopic (exact) mass is 318 g/mol. The van der Waals surface area contributed by atoms with Crippen LogP contribution in [0.3, 0.4) is 0 Å². The summed E-state index contributed by atoms with van der Waals surface area (Å²) >= 11 is 4.92. The van der Waals surface area contributed by atoms with Gasteiger partial charge >= 0.3 is 0 Å². The average molecular weight is 321 g/mol. The summed E-state index contributed by atoms with van der Waals surface area (Å²) in [6, 6.07) is 2.05. The third-order valence-electron chi connectivity index (χ3n) is 0.640. The van der Waals surface area contributed by atoms with E-state index in [9.17, 15) is 0 Å². The summed E-state index contributed by atoms with van der Waals surface area (Å²) in [4.78, 5) is 0. The van der Waals surface area contributed by atoms with E-state index >= 15 is 0 Å². The molecule has 1 heterocycles. The molecular weight excluding hydrogens is 317 g/mol. The summed E-state index contributed by atoms with van der Waals surface area (Å²) in [6.45, 7) is 2.03. The summed E-state index contributed by atoms with van der Waals surface area (Å²) < 4.78 is 1.16. The summed E-state index contributed by atoms with van der Waals surface area (Å²) in [5, 5.41) is 3.06. The van der Waals surface area contributed by atoms with Crippen molar-refractivity contribution in [2.75, 3.05) is 0 Å². The van der Waals surface area contributed by atoms with Crippen LogP contribution in [0.25, 0.3) is 0 Å². The van der Waals surface area contributed by atoms with Crippen molar-refractivity contribution in [3.63, 3.8) is 0 Å². The van der Waals surface area contributed by atoms with Crippen molar-refractivity contribution in [2.24, 2.45) is 0 Å². The van der Waals surface area contributed by atoms with E-state index in [4.69, 9.17) is 0 Å². The van der Waals surface area contributed by atoms with Crippen LogP contribution >= 0.6 is 27.3 Å². The van der Waals surface area contributed by atoms with Gasteiger partial charge in [0, 0.05) is 24.9 Å². The van der Waals surface area contributed by atoms with Crippen LogP contribution < -0.4 is 17.0 Å². The third-order valence-corrected chi connectivity index (χ3v) is 2.09. The fourth-order valence-electron chi connectivity index (χ4n) is 0.358. The minimum atomic E-state index is 0. The van der Waals surface area contributed by atoms with Crippen molar-refractivity contribution in [1.82, 2.24) is 0 Å². The SMILES string of the molecule is Cc1[c]sc(Br)c1.[Br-].[Zn]. The first-order valence-corrected chi connectivity index (χ1v) is 3.53. The smallest absolute Gasteiger partial charge is 0.0708 e. The van der Waals surface area contributed by atoms with Gasteiger partial charge in [0.2, 0.25) is 0 Å². The molecule has 0 spiro atoms. The number of rotatable bonds is 0. The number of hydrogen-bond acceptors (Lipinski definition) is 1. The van der Waals surface area contributed by atoms with Gasteiger partial charge in [0.25, 0.3) is 0 Å². The molecular formula is C5H4Br2SZn-. The Morgan fingerprint density at radius 2 is 2.22 bits per heavy atom. The van der Waals surface area contributed by atoms with Gasteiger partial charge < -0.3 is 17.0 Å². The zero-order chi connectivity index (χ0) is 5.28. The van der Waals surface area contributed by atoms with E-state index in [2.05, 4.69) is 21.3 Å². The van der Waals surface area contributed by atoms with Crippen LogP contribution in [0.5, 0.6) is 0 Å². The van der Waals surface area contributed by atoms with E-state index in [1.165, 1.54) is 5.56 Å². The zero-order valence-electron chi connectivity index (χ0n) is 4.95. The molecule has 1 radical (unpaired) electrons. The average Bonchev–Trinajstić information content (AvgIpc) is 1.87. The van der Waals surface area contributed by atoms with Crippen molar-refractivity contribution in [2.45, 2.75) is 6.92 Å². The van der Waals surface area contributed by atoms with Crippen molar-refractivity contribution in [3.05, 3.63) is 20.8 Å². The molecule has 0 aliphatic heterocycles. The quantitative estimate of drug-likeness (QED) is 0.572. The minimum Gasteiger partial charge on any atom is -1.00 e. The van der Waals surface area contributed by atoms with E-state index in [1.807, 2.05) is 13.0 Å². The Morgan fingerprint density at radius 1 is 1.67 bits per heavy atom. The molecule has 47 valence electrons. The summed E-state index contributed by atoms with van der Waals surface area (Å²) in [5.74, 6) is 0. The predicted octanol–water partition coefficient (Wildman–Crippen LogP) is -0.379. The standard InChI is InChI=1S/C5H4BrS.BrH.Zn/c1-4-2-5(6)7-3-4;;/h2H,1H3;1H;/p-1. The number of halogens is 2. The molecule has 0 saturated heterocycles. The second kappa shape index (κ2) is 6.02. The van der Waals surface area contributed by atoms with Crippen molar-refractivity contribution in [3.8, 4) is 0 Å². The number of hydrogen-bond donors (Lipinski definition) is 0. The topological polar surface area (TPSA) is 0 Å². The van der Waals surface area contributed by atoms with Crippen molar-refractivity contribution < 1.29 is 36.5 Å². The van der Waals surface area contributed by atoms with Crippen LogP contribution in [0.2, 0.25) is 0 Å². The molecule has 0 saturated carbocycles. The van der Waals surface area contributed by atoms with E-state index in [-0.39, 0.29) is 36.5 Å². The second-order valence-electron chi connectivity index (χ2n) is 1.34. The van der Waals surface area contributed by atoms with Crippen LogP contribution in [0.15, 0.2) is 9.85 Å². The van der Waals surface area contributed by atoms with Gasteiger partial charge in [-0.25, -0.2) is 0 Å². The molecule has 0 bridgehead atoms. The first-order valence-electron chi connectivity index (χ1n) is 1.92. The van der Waals surface area contributed by atoms with Crippen LogP contribution in [-0.4, -0.2) is 0 Å². The first-order chi connectivity index (χ1) is 3.29. The number of aryl methyl sites for hydroxylation is 1.